The van der Waals surface area contributed by atoms with Gasteiger partial charge in [0.2, 0.25) is 0 Å². The topological polar surface area (TPSA) is 82.1 Å². The number of carbonyl (C=O) groups excluding carboxylic acids is 1. The molecule has 106 valence electrons. The Balaban J connectivity index is 3.15. The van der Waals surface area contributed by atoms with Crippen LogP contribution in [0.1, 0.15) is 58.3 Å². The first-order chi connectivity index (χ1) is 8.66. The van der Waals surface area contributed by atoms with Crippen LogP contribution < -0.4 is 0 Å². The van der Waals surface area contributed by atoms with Crippen LogP contribution in [0.25, 0.3) is 0 Å². The van der Waals surface area contributed by atoms with Crippen molar-refractivity contribution in [3.05, 3.63) is 0 Å². The molecule has 0 fully saturated rings. The van der Waals surface area contributed by atoms with Gasteiger partial charge in [-0.15, -0.1) is 0 Å². The molecule has 0 unspecified atom stereocenters. The van der Waals surface area contributed by atoms with Crippen LogP contribution in [0.2, 0.25) is 0 Å². The third-order valence-electron chi connectivity index (χ3n) is 2.40. The molecule has 0 rings (SSSR count). The standard InChI is InChI=1S/C12H22O6/c1-2-3-4-5-6-7-8-9-10-16-12(15)18-17-11(13)14/h2-10H2,1H3,(H,13,14). The second kappa shape index (κ2) is 12.0. The molecule has 0 bridgehead atoms. The monoisotopic (exact) mass is 262 g/mol. The molecule has 0 spiro atoms. The molecule has 0 aromatic heterocycles. The van der Waals surface area contributed by atoms with Gasteiger partial charge < -0.3 is 9.84 Å². The van der Waals surface area contributed by atoms with Crippen molar-refractivity contribution in [1.82, 2.24) is 0 Å². The molecule has 18 heavy (non-hydrogen) atoms. The van der Waals surface area contributed by atoms with E-state index in [1.165, 1.54) is 32.1 Å². The molecule has 6 heteroatoms. The minimum atomic E-state index is -1.68. The molecule has 0 saturated heterocycles. The fraction of sp³-hybridized carbons (Fsp3) is 0.833. The zero-order chi connectivity index (χ0) is 13.6. The van der Waals surface area contributed by atoms with Gasteiger partial charge in [-0.2, -0.15) is 9.68 Å². The Hall–Kier alpha value is -1.46. The average Bonchev–Trinajstić information content (AvgIpc) is 2.34. The second-order valence-electron chi connectivity index (χ2n) is 4.01. The molecule has 0 heterocycles. The molecule has 0 aromatic rings. The van der Waals surface area contributed by atoms with Crippen LogP contribution in [-0.2, 0) is 14.5 Å². The smallest absolute Gasteiger partial charge is 0.447 e. The maximum Gasteiger partial charge on any atom is 0.549 e. The Kier molecular flexibility index (Phi) is 11.0. The van der Waals surface area contributed by atoms with Crippen LogP contribution in [0, 0.1) is 0 Å². The van der Waals surface area contributed by atoms with E-state index in [9.17, 15) is 9.59 Å². The summed E-state index contributed by atoms with van der Waals surface area (Å²) in [5.41, 5.74) is 0. The lowest BCUT2D eigenvalue weighted by molar-refractivity contribution is -0.213. The van der Waals surface area contributed by atoms with Crippen LogP contribution >= 0.6 is 0 Å². The van der Waals surface area contributed by atoms with Gasteiger partial charge in [-0.1, -0.05) is 51.9 Å². The third kappa shape index (κ3) is 12.6. The molecule has 0 atom stereocenters. The van der Waals surface area contributed by atoms with Crippen molar-refractivity contribution in [3.63, 3.8) is 0 Å². The Labute approximate surface area is 107 Å². The maximum atomic E-state index is 10.7. The van der Waals surface area contributed by atoms with Gasteiger partial charge in [0.1, 0.15) is 0 Å². The van der Waals surface area contributed by atoms with E-state index in [-0.39, 0.29) is 6.61 Å². The Morgan fingerprint density at radius 3 is 2.00 bits per heavy atom. The van der Waals surface area contributed by atoms with E-state index in [2.05, 4.69) is 21.4 Å². The Morgan fingerprint density at radius 2 is 1.44 bits per heavy atom. The Morgan fingerprint density at radius 1 is 0.889 bits per heavy atom. The van der Waals surface area contributed by atoms with Crippen molar-refractivity contribution in [2.45, 2.75) is 58.3 Å². The van der Waals surface area contributed by atoms with Crippen LogP contribution in [0.15, 0.2) is 0 Å². The summed E-state index contributed by atoms with van der Waals surface area (Å²) in [6.45, 7) is 2.40. The first-order valence-corrected chi connectivity index (χ1v) is 6.41. The highest BCUT2D eigenvalue weighted by atomic mass is 17.3. The van der Waals surface area contributed by atoms with E-state index in [0.29, 0.717) is 0 Å². The van der Waals surface area contributed by atoms with Crippen molar-refractivity contribution < 1.29 is 29.2 Å². The van der Waals surface area contributed by atoms with Gasteiger partial charge in [0.25, 0.3) is 0 Å². The highest BCUT2D eigenvalue weighted by molar-refractivity contribution is 5.62. The van der Waals surface area contributed by atoms with E-state index in [1.54, 1.807) is 0 Å². The van der Waals surface area contributed by atoms with Crippen molar-refractivity contribution in [1.29, 1.82) is 0 Å². The number of rotatable bonds is 9. The van der Waals surface area contributed by atoms with Gasteiger partial charge in [0.15, 0.2) is 0 Å². The van der Waals surface area contributed by atoms with Crippen molar-refractivity contribution >= 4 is 12.3 Å². The molecule has 0 radical (unpaired) electrons. The van der Waals surface area contributed by atoms with Gasteiger partial charge in [-0.25, -0.2) is 9.68 Å². The van der Waals surface area contributed by atoms with E-state index < -0.39 is 12.3 Å². The summed E-state index contributed by atoms with van der Waals surface area (Å²) in [4.78, 5) is 28.0. The zero-order valence-corrected chi connectivity index (χ0v) is 10.9. The maximum absolute atomic E-state index is 10.7. The second-order valence-corrected chi connectivity index (χ2v) is 4.01. The minimum absolute atomic E-state index is 0.219. The summed E-state index contributed by atoms with van der Waals surface area (Å²) in [5.74, 6) is 0. The number of hydrogen-bond acceptors (Lipinski definition) is 5. The highest BCUT2D eigenvalue weighted by Crippen LogP contribution is 2.08. The zero-order valence-electron chi connectivity index (χ0n) is 10.9. The summed E-state index contributed by atoms with van der Waals surface area (Å²) < 4.78 is 4.59. The highest BCUT2D eigenvalue weighted by Gasteiger charge is 2.08. The van der Waals surface area contributed by atoms with Gasteiger partial charge in [0.05, 0.1) is 6.61 Å². The van der Waals surface area contributed by atoms with Crippen LogP contribution in [0.3, 0.4) is 0 Å². The summed E-state index contributed by atoms with van der Waals surface area (Å²) in [5, 5.41) is 8.04. The third-order valence-corrected chi connectivity index (χ3v) is 2.40. The predicted molar refractivity (Wildman–Crippen MR) is 64.2 cm³/mol. The number of carboxylic acid groups (broad SMARTS) is 1. The van der Waals surface area contributed by atoms with E-state index in [4.69, 9.17) is 5.11 Å². The molecule has 0 saturated carbocycles. The summed E-state index contributed by atoms with van der Waals surface area (Å²) in [6, 6.07) is 0. The lowest BCUT2D eigenvalue weighted by Crippen LogP contribution is -2.11. The fourth-order valence-electron chi connectivity index (χ4n) is 1.49. The lowest BCUT2D eigenvalue weighted by atomic mass is 10.1. The van der Waals surface area contributed by atoms with Gasteiger partial charge >= 0.3 is 12.3 Å². The van der Waals surface area contributed by atoms with Gasteiger partial charge in [-0.3, -0.25) is 0 Å². The fourth-order valence-corrected chi connectivity index (χ4v) is 1.49. The molecular weight excluding hydrogens is 240 g/mol. The lowest BCUT2D eigenvalue weighted by Gasteiger charge is -2.03. The summed E-state index contributed by atoms with van der Waals surface area (Å²) in [6.07, 6.45) is 6.32. The molecule has 0 aliphatic carbocycles. The molecule has 0 amide bonds. The number of carbonyl (C=O) groups is 2. The molecule has 0 aliphatic heterocycles. The molecule has 0 aliphatic rings. The van der Waals surface area contributed by atoms with Gasteiger partial charge in [0, 0.05) is 0 Å². The number of hydrogen-bond donors (Lipinski definition) is 1. The summed E-state index contributed by atoms with van der Waals surface area (Å²) >= 11 is 0. The first-order valence-electron chi connectivity index (χ1n) is 6.41. The first kappa shape index (κ1) is 16.5. The van der Waals surface area contributed by atoms with Gasteiger partial charge in [-0.05, 0) is 6.42 Å². The molecule has 0 aromatic carbocycles. The predicted octanol–water partition coefficient (Wildman–Crippen LogP) is 3.89. The number of ether oxygens (including phenoxy) is 1. The number of unbranched alkanes of at least 4 members (excludes halogenated alkanes) is 7. The van der Waals surface area contributed by atoms with Crippen LogP contribution in [0.4, 0.5) is 9.59 Å². The van der Waals surface area contributed by atoms with E-state index in [0.717, 1.165) is 19.3 Å². The molecular formula is C12H22O6. The van der Waals surface area contributed by atoms with Crippen LogP contribution in [0.5, 0.6) is 0 Å². The van der Waals surface area contributed by atoms with Crippen molar-refractivity contribution in [2.75, 3.05) is 6.61 Å². The normalized spacial score (nSPS) is 9.83. The average molecular weight is 262 g/mol. The largest absolute Gasteiger partial charge is 0.549 e. The molecule has 6 nitrogen and oxygen atoms in total. The van der Waals surface area contributed by atoms with E-state index >= 15 is 0 Å². The SMILES string of the molecule is CCCCCCCCCCOC(=O)OOC(=O)O. The van der Waals surface area contributed by atoms with Crippen molar-refractivity contribution in [2.24, 2.45) is 0 Å². The van der Waals surface area contributed by atoms with E-state index in [1.807, 2.05) is 0 Å². The Bertz CT molecular complexity index is 229. The van der Waals surface area contributed by atoms with Crippen LogP contribution in [-0.4, -0.2) is 24.0 Å². The quantitative estimate of drug-likeness (QED) is 0.294. The summed E-state index contributed by atoms with van der Waals surface area (Å²) in [7, 11) is 0. The molecule has 1 N–H and O–H groups in total. The van der Waals surface area contributed by atoms with Crippen molar-refractivity contribution in [3.8, 4) is 0 Å². The minimum Gasteiger partial charge on any atom is -0.447 e.